The SMILES string of the molecule is CNC(=O)c1cc2c(Oc3ccc(NC(=O)NC4CC4)c(Cl)c3)ccnc2cc1OCc1ccccc1. The molecule has 0 atom stereocenters. The Kier molecular flexibility index (Phi) is 7.09. The highest BCUT2D eigenvalue weighted by Crippen LogP contribution is 2.35. The number of fused-ring (bicyclic) bond motifs is 1. The number of nitrogens with one attached hydrogen (secondary N) is 3. The third-order valence-corrected chi connectivity index (χ3v) is 6.15. The maximum absolute atomic E-state index is 12.7. The van der Waals surface area contributed by atoms with Crippen LogP contribution >= 0.6 is 11.6 Å². The van der Waals surface area contributed by atoms with E-state index in [-0.39, 0.29) is 18.0 Å². The molecule has 1 fully saturated rings. The van der Waals surface area contributed by atoms with E-state index < -0.39 is 0 Å². The van der Waals surface area contributed by atoms with Crippen LogP contribution in [-0.4, -0.2) is 30.0 Å². The van der Waals surface area contributed by atoms with Crippen LogP contribution in [0.4, 0.5) is 10.5 Å². The summed E-state index contributed by atoms with van der Waals surface area (Å²) in [7, 11) is 1.57. The van der Waals surface area contributed by atoms with Gasteiger partial charge in [0.25, 0.3) is 5.91 Å². The van der Waals surface area contributed by atoms with Crippen molar-refractivity contribution >= 4 is 40.1 Å². The van der Waals surface area contributed by atoms with E-state index in [0.717, 1.165) is 18.4 Å². The molecule has 8 nitrogen and oxygen atoms in total. The Morgan fingerprint density at radius 2 is 1.84 bits per heavy atom. The zero-order valence-electron chi connectivity index (χ0n) is 20.1. The standard InChI is InChI=1S/C28H25ClN4O4/c1-30-27(34)21-14-20-24(15-26(21)36-16-17-5-3-2-4-6-17)31-12-11-25(20)37-19-9-10-23(22(29)13-19)33-28(35)32-18-7-8-18/h2-6,9-15,18H,7-8,16H2,1H3,(H,30,34)(H2,32,33,35). The predicted octanol–water partition coefficient (Wildman–Crippen LogP) is 5.90. The van der Waals surface area contributed by atoms with Gasteiger partial charge in [-0.05, 0) is 42.7 Å². The van der Waals surface area contributed by atoms with Crippen molar-refractivity contribution in [3.63, 3.8) is 0 Å². The third-order valence-electron chi connectivity index (χ3n) is 5.84. The first-order valence-corrected chi connectivity index (χ1v) is 12.2. The van der Waals surface area contributed by atoms with Gasteiger partial charge in [0.1, 0.15) is 23.9 Å². The first kappa shape index (κ1) is 24.4. The number of hydrogen-bond donors (Lipinski definition) is 3. The van der Waals surface area contributed by atoms with Crippen molar-refractivity contribution in [3.8, 4) is 17.2 Å². The summed E-state index contributed by atoms with van der Waals surface area (Å²) in [6.45, 7) is 0.310. The third kappa shape index (κ3) is 5.92. The summed E-state index contributed by atoms with van der Waals surface area (Å²) in [6.07, 6.45) is 3.62. The van der Waals surface area contributed by atoms with Crippen LogP contribution in [0.1, 0.15) is 28.8 Å². The van der Waals surface area contributed by atoms with E-state index in [9.17, 15) is 9.59 Å². The average Bonchev–Trinajstić information content (AvgIpc) is 3.72. The maximum Gasteiger partial charge on any atom is 0.319 e. The normalized spacial score (nSPS) is 12.6. The first-order valence-electron chi connectivity index (χ1n) is 11.9. The molecule has 5 rings (SSSR count). The molecule has 3 aromatic carbocycles. The van der Waals surface area contributed by atoms with Crippen molar-refractivity contribution in [3.05, 3.63) is 89.1 Å². The molecule has 3 amide bonds. The van der Waals surface area contributed by atoms with Gasteiger partial charge < -0.3 is 25.4 Å². The van der Waals surface area contributed by atoms with Gasteiger partial charge in [-0.2, -0.15) is 0 Å². The topological polar surface area (TPSA) is 102 Å². The van der Waals surface area contributed by atoms with Crippen molar-refractivity contribution in [2.24, 2.45) is 0 Å². The number of aromatic nitrogens is 1. The van der Waals surface area contributed by atoms with E-state index in [2.05, 4.69) is 20.9 Å². The molecule has 4 aromatic rings. The number of carbonyl (C=O) groups is 2. The number of hydrogen-bond acceptors (Lipinski definition) is 5. The second-order valence-corrected chi connectivity index (χ2v) is 9.05. The molecule has 1 aliphatic rings. The highest BCUT2D eigenvalue weighted by molar-refractivity contribution is 6.33. The maximum atomic E-state index is 12.7. The van der Waals surface area contributed by atoms with Gasteiger partial charge in [0.05, 0.1) is 21.8 Å². The molecular formula is C28H25ClN4O4. The van der Waals surface area contributed by atoms with Gasteiger partial charge in [0.2, 0.25) is 0 Å². The Morgan fingerprint density at radius 1 is 1.03 bits per heavy atom. The van der Waals surface area contributed by atoms with E-state index >= 15 is 0 Å². The van der Waals surface area contributed by atoms with E-state index in [1.54, 1.807) is 49.6 Å². The molecule has 37 heavy (non-hydrogen) atoms. The Morgan fingerprint density at radius 3 is 2.57 bits per heavy atom. The van der Waals surface area contributed by atoms with Crippen LogP contribution in [0.2, 0.25) is 5.02 Å². The van der Waals surface area contributed by atoms with Gasteiger partial charge in [0.15, 0.2) is 0 Å². The van der Waals surface area contributed by atoms with E-state index in [0.29, 0.717) is 51.0 Å². The number of anilines is 1. The summed E-state index contributed by atoms with van der Waals surface area (Å²) in [6, 6.07) is 19.8. The van der Waals surface area contributed by atoms with Crippen LogP contribution in [0.25, 0.3) is 10.9 Å². The second-order valence-electron chi connectivity index (χ2n) is 8.64. The lowest BCUT2D eigenvalue weighted by molar-refractivity contribution is 0.0958. The lowest BCUT2D eigenvalue weighted by Gasteiger charge is -2.15. The van der Waals surface area contributed by atoms with Crippen LogP contribution in [-0.2, 0) is 6.61 Å². The minimum absolute atomic E-state index is 0.241. The summed E-state index contributed by atoms with van der Waals surface area (Å²) >= 11 is 6.40. The molecule has 0 spiro atoms. The molecule has 188 valence electrons. The minimum Gasteiger partial charge on any atom is -0.488 e. The number of urea groups is 1. The molecule has 0 saturated heterocycles. The summed E-state index contributed by atoms with van der Waals surface area (Å²) in [5.74, 6) is 1.09. The molecule has 0 unspecified atom stereocenters. The molecule has 1 aromatic heterocycles. The van der Waals surface area contributed by atoms with Crippen molar-refractivity contribution < 1.29 is 19.1 Å². The average molecular weight is 517 g/mol. The summed E-state index contributed by atoms with van der Waals surface area (Å²) in [4.78, 5) is 29.2. The van der Waals surface area contributed by atoms with Crippen molar-refractivity contribution in [1.82, 2.24) is 15.6 Å². The number of benzene rings is 3. The van der Waals surface area contributed by atoms with Gasteiger partial charge in [-0.25, -0.2) is 4.79 Å². The van der Waals surface area contributed by atoms with Crippen molar-refractivity contribution in [1.29, 1.82) is 0 Å². The molecule has 1 heterocycles. The van der Waals surface area contributed by atoms with Crippen LogP contribution in [0.5, 0.6) is 17.2 Å². The molecule has 0 radical (unpaired) electrons. The minimum atomic E-state index is -0.289. The van der Waals surface area contributed by atoms with E-state index in [1.165, 1.54) is 0 Å². The Labute approximate surface area is 218 Å². The monoisotopic (exact) mass is 516 g/mol. The summed E-state index contributed by atoms with van der Waals surface area (Å²) < 4.78 is 12.1. The van der Waals surface area contributed by atoms with E-state index in [1.807, 2.05) is 30.3 Å². The number of amides is 3. The smallest absolute Gasteiger partial charge is 0.319 e. The lowest BCUT2D eigenvalue weighted by atomic mass is 10.1. The van der Waals surface area contributed by atoms with Gasteiger partial charge in [0, 0.05) is 36.8 Å². The highest BCUT2D eigenvalue weighted by atomic mass is 35.5. The molecule has 9 heteroatoms. The quantitative estimate of drug-likeness (QED) is 0.270. The molecule has 1 aliphatic carbocycles. The number of nitrogens with zero attached hydrogens (tertiary/aromatic N) is 1. The molecule has 3 N–H and O–H groups in total. The van der Waals surface area contributed by atoms with Crippen LogP contribution in [0.15, 0.2) is 72.9 Å². The van der Waals surface area contributed by atoms with Crippen LogP contribution in [0.3, 0.4) is 0 Å². The largest absolute Gasteiger partial charge is 0.488 e. The fourth-order valence-electron chi connectivity index (χ4n) is 3.76. The van der Waals surface area contributed by atoms with Gasteiger partial charge in [-0.3, -0.25) is 9.78 Å². The zero-order chi connectivity index (χ0) is 25.8. The summed E-state index contributed by atoms with van der Waals surface area (Å²) in [5.41, 5.74) is 2.43. The number of ether oxygens (including phenoxy) is 2. The van der Waals surface area contributed by atoms with Crippen molar-refractivity contribution in [2.75, 3.05) is 12.4 Å². The van der Waals surface area contributed by atoms with E-state index in [4.69, 9.17) is 21.1 Å². The fourth-order valence-corrected chi connectivity index (χ4v) is 3.98. The molecule has 0 bridgehead atoms. The lowest BCUT2D eigenvalue weighted by Crippen LogP contribution is -2.30. The second kappa shape index (κ2) is 10.8. The van der Waals surface area contributed by atoms with Gasteiger partial charge in [-0.1, -0.05) is 41.9 Å². The Balaban J connectivity index is 1.40. The van der Waals surface area contributed by atoms with Gasteiger partial charge in [-0.15, -0.1) is 0 Å². The first-order chi connectivity index (χ1) is 18.0. The van der Waals surface area contributed by atoms with Gasteiger partial charge >= 0.3 is 6.03 Å². The van der Waals surface area contributed by atoms with Crippen molar-refractivity contribution in [2.45, 2.75) is 25.5 Å². The summed E-state index contributed by atoms with van der Waals surface area (Å²) in [5, 5.41) is 9.24. The fraction of sp³-hybridized carbons (Fsp3) is 0.179. The number of carbonyl (C=O) groups excluding carboxylic acids is 2. The molecule has 0 aliphatic heterocycles. The molecule has 1 saturated carbocycles. The van der Waals surface area contributed by atoms with Crippen LogP contribution in [0, 0.1) is 0 Å². The predicted molar refractivity (Wildman–Crippen MR) is 143 cm³/mol. The Bertz CT molecular complexity index is 1460. The zero-order valence-corrected chi connectivity index (χ0v) is 20.8. The Hall–Kier alpha value is -4.30. The number of halogens is 1. The number of rotatable bonds is 8. The van der Waals surface area contributed by atoms with Crippen LogP contribution < -0.4 is 25.4 Å². The molecular weight excluding hydrogens is 492 g/mol. The highest BCUT2D eigenvalue weighted by Gasteiger charge is 2.23. The number of pyridine rings is 1.